The van der Waals surface area contributed by atoms with Crippen LogP contribution in [-0.2, 0) is 28.2 Å². The van der Waals surface area contributed by atoms with Gasteiger partial charge >= 0.3 is 18.7 Å². The number of anilines is 1. The molecule has 4 rings (SSSR count). The fourth-order valence-corrected chi connectivity index (χ4v) is 8.29. The summed E-state index contributed by atoms with van der Waals surface area (Å²) in [5.41, 5.74) is 4.27. The van der Waals surface area contributed by atoms with Gasteiger partial charge in [0.2, 0.25) is 11.8 Å². The number of nitrogens with one attached hydrogen (secondary N) is 2. The zero-order chi connectivity index (χ0) is 31.9. The first kappa shape index (κ1) is 32.8. The predicted octanol–water partition coefficient (Wildman–Crippen LogP) is -0.236. The van der Waals surface area contributed by atoms with Crippen molar-refractivity contribution in [3.8, 4) is 5.88 Å². The van der Waals surface area contributed by atoms with Crippen molar-refractivity contribution in [2.45, 2.75) is 69.9 Å². The second-order valence-corrected chi connectivity index (χ2v) is 14.8. The molecule has 0 aromatic carbocycles. The summed E-state index contributed by atoms with van der Waals surface area (Å²) in [4.78, 5) is 49.9. The van der Waals surface area contributed by atoms with E-state index in [1.807, 2.05) is 0 Å². The molecule has 2 aromatic heterocycles. The zero-order valence-electron chi connectivity index (χ0n) is 24.3. The molecule has 0 bridgehead atoms. The maximum Gasteiger partial charge on any atom is 0.327 e. The normalized spacial score (nSPS) is 27.9. The molecule has 2 fully saturated rings. The lowest BCUT2D eigenvalue weighted by molar-refractivity contribution is -0.149. The van der Waals surface area contributed by atoms with E-state index in [1.54, 1.807) is 13.8 Å². The third-order valence-corrected chi connectivity index (χ3v) is 10.8. The lowest BCUT2D eigenvalue weighted by Gasteiger charge is -2.27. The van der Waals surface area contributed by atoms with Gasteiger partial charge in [0.05, 0.1) is 26.1 Å². The minimum Gasteiger partial charge on any atom is -0.479 e. The Labute approximate surface area is 250 Å². The van der Waals surface area contributed by atoms with Crippen molar-refractivity contribution in [2.75, 3.05) is 32.3 Å². The number of hydrogen-bond acceptors (Lipinski definition) is 15. The zero-order valence-corrected chi connectivity index (χ0v) is 26.0. The van der Waals surface area contributed by atoms with Gasteiger partial charge in [0.15, 0.2) is 17.4 Å². The van der Waals surface area contributed by atoms with E-state index in [9.17, 15) is 29.2 Å². The summed E-state index contributed by atoms with van der Waals surface area (Å²) < 4.78 is 37.4. The number of nitrogens with zero attached hydrogens (tertiary/aromatic N) is 5. The summed E-state index contributed by atoms with van der Waals surface area (Å²) in [6.07, 6.45) is -3.16. The summed E-state index contributed by atoms with van der Waals surface area (Å²) >= 11 is 0.677. The smallest absolute Gasteiger partial charge is 0.327 e. The fraction of sp³-hybridized carbons (Fsp3) is 0.652. The van der Waals surface area contributed by atoms with Crippen molar-refractivity contribution in [2.24, 2.45) is 0 Å². The van der Waals surface area contributed by atoms with Gasteiger partial charge < -0.3 is 40.0 Å². The number of amides is 3. The molecule has 0 aliphatic carbocycles. The molecule has 2 aliphatic rings. The Morgan fingerprint density at radius 3 is 2.65 bits per heavy atom. The monoisotopic (exact) mass is 646 g/mol. The van der Waals surface area contributed by atoms with Crippen LogP contribution in [0.25, 0.3) is 11.2 Å². The van der Waals surface area contributed by atoms with Crippen LogP contribution in [-0.4, -0.2) is 115 Å². The summed E-state index contributed by atoms with van der Waals surface area (Å²) in [6, 6.07) is -2.70. The topological polar surface area (TPSA) is 243 Å². The van der Waals surface area contributed by atoms with Crippen LogP contribution < -0.4 is 20.9 Å². The van der Waals surface area contributed by atoms with Gasteiger partial charge in [-0.25, -0.2) is 14.9 Å². The molecule has 6 N–H and O–H groups in total. The molecular weight excluding hydrogens is 611 g/mol. The van der Waals surface area contributed by atoms with E-state index < -0.39 is 73.5 Å². The number of aliphatic hydroxyl groups is 2. The molecule has 18 nitrogen and oxygen atoms in total. The van der Waals surface area contributed by atoms with Crippen LogP contribution in [0.15, 0.2) is 6.33 Å². The number of aromatic nitrogens is 4. The average Bonchev–Trinajstić information content (AvgIpc) is 3.53. The maximum absolute atomic E-state index is 14.0. The standard InChI is InChI=1S/C23H35N8O10PS/c1-10(2)40-19(34)11(3)29-42(37,43-8-12-18(33)30(5)22(35)26-12)39-7-13-15(32)23(4,36)20(41-13)31-9-25-14-16(31)27-21(24)28-17(14)38-6/h9-13,15,20,32,36H,7-8H2,1-6H3,(H,26,35)(H,29,37)(H2,24,27,28)/t11-,12?,13-,15-,20-,23-,42-/m1/s1. The van der Waals surface area contributed by atoms with E-state index in [4.69, 9.17) is 24.5 Å². The van der Waals surface area contributed by atoms with Gasteiger partial charge in [0.1, 0.15) is 29.9 Å². The van der Waals surface area contributed by atoms with E-state index in [-0.39, 0.29) is 28.7 Å². The van der Waals surface area contributed by atoms with Crippen LogP contribution in [0.4, 0.5) is 10.7 Å². The largest absolute Gasteiger partial charge is 0.479 e. The first-order valence-electron chi connectivity index (χ1n) is 13.1. The van der Waals surface area contributed by atoms with Gasteiger partial charge in [0, 0.05) is 12.8 Å². The molecule has 2 aromatic rings. The molecule has 20 heteroatoms. The predicted molar refractivity (Wildman–Crippen MR) is 152 cm³/mol. The van der Waals surface area contributed by atoms with Crippen molar-refractivity contribution in [3.05, 3.63) is 6.33 Å². The van der Waals surface area contributed by atoms with E-state index >= 15 is 0 Å². The molecule has 3 amide bonds. The van der Waals surface area contributed by atoms with Crippen LogP contribution in [0.2, 0.25) is 0 Å². The number of rotatable bonds is 12. The lowest BCUT2D eigenvalue weighted by atomic mass is 9.96. The molecule has 0 radical (unpaired) electrons. The van der Waals surface area contributed by atoms with Crippen LogP contribution in [0, 0.1) is 0 Å². The molecule has 0 spiro atoms. The van der Waals surface area contributed by atoms with Crippen LogP contribution in [0.5, 0.6) is 5.88 Å². The quantitative estimate of drug-likeness (QED) is 0.114. The number of carbonyl (C=O) groups excluding carboxylic acids is 3. The highest BCUT2D eigenvalue weighted by Gasteiger charge is 2.54. The summed E-state index contributed by atoms with van der Waals surface area (Å²) in [5.74, 6) is -1.42. The minimum absolute atomic E-state index is 0.0941. The van der Waals surface area contributed by atoms with Gasteiger partial charge in [-0.2, -0.15) is 9.97 Å². The molecule has 7 atom stereocenters. The van der Waals surface area contributed by atoms with Gasteiger partial charge in [0.25, 0.3) is 5.91 Å². The highest BCUT2D eigenvalue weighted by molar-refractivity contribution is 8.56. The van der Waals surface area contributed by atoms with Crippen molar-refractivity contribution in [3.63, 3.8) is 0 Å². The number of methoxy groups -OCH3 is 1. The molecule has 2 saturated heterocycles. The number of nitrogens with two attached hydrogens (primary N) is 1. The number of esters is 1. The van der Waals surface area contributed by atoms with E-state index in [1.165, 1.54) is 38.9 Å². The molecule has 2 aliphatic heterocycles. The molecule has 43 heavy (non-hydrogen) atoms. The van der Waals surface area contributed by atoms with Crippen LogP contribution in [0.1, 0.15) is 33.9 Å². The van der Waals surface area contributed by atoms with Gasteiger partial charge in [-0.1, -0.05) is 11.4 Å². The number of carbonyl (C=O) groups is 3. The number of hydrogen-bond donors (Lipinski definition) is 5. The summed E-state index contributed by atoms with van der Waals surface area (Å²) in [5, 5.41) is 27.4. The van der Waals surface area contributed by atoms with E-state index in [2.05, 4.69) is 25.4 Å². The Balaban J connectivity index is 1.53. The lowest BCUT2D eigenvalue weighted by Crippen LogP contribution is -2.44. The first-order valence-corrected chi connectivity index (χ1v) is 16.3. The van der Waals surface area contributed by atoms with Crippen molar-refractivity contribution in [1.29, 1.82) is 0 Å². The number of ether oxygens (including phenoxy) is 3. The van der Waals surface area contributed by atoms with Crippen molar-refractivity contribution in [1.82, 2.24) is 34.8 Å². The second kappa shape index (κ2) is 12.5. The van der Waals surface area contributed by atoms with Crippen LogP contribution >= 0.6 is 18.1 Å². The Morgan fingerprint density at radius 2 is 2.05 bits per heavy atom. The fourth-order valence-electron chi connectivity index (χ4n) is 4.43. The maximum atomic E-state index is 14.0. The number of aliphatic hydroxyl groups excluding tert-OH is 1. The Bertz CT molecular complexity index is 1440. The molecule has 0 saturated carbocycles. The number of nitrogen functional groups attached to an aromatic ring is 1. The number of likely N-dealkylation sites (N-methyl/N-ethyl adjacent to an activating group) is 1. The Kier molecular flexibility index (Phi) is 9.55. The van der Waals surface area contributed by atoms with Gasteiger partial charge in [-0.3, -0.25) is 23.6 Å². The number of urea groups is 1. The third-order valence-electron chi connectivity index (χ3n) is 6.72. The van der Waals surface area contributed by atoms with E-state index in [0.29, 0.717) is 11.4 Å². The molecular formula is C23H35N8O10PS. The van der Waals surface area contributed by atoms with Crippen molar-refractivity contribution < 1.29 is 47.9 Å². The van der Waals surface area contributed by atoms with Gasteiger partial charge in [-0.15, -0.1) is 0 Å². The third kappa shape index (κ3) is 6.72. The average molecular weight is 647 g/mol. The first-order chi connectivity index (χ1) is 20.1. The summed E-state index contributed by atoms with van der Waals surface area (Å²) in [7, 11) is 2.68. The highest BCUT2D eigenvalue weighted by Crippen LogP contribution is 2.57. The molecule has 4 heterocycles. The second-order valence-electron chi connectivity index (χ2n) is 10.4. The van der Waals surface area contributed by atoms with E-state index in [0.717, 1.165) is 4.90 Å². The Morgan fingerprint density at radius 1 is 1.35 bits per heavy atom. The summed E-state index contributed by atoms with van der Waals surface area (Å²) in [6.45, 7) is 1.49. The van der Waals surface area contributed by atoms with Gasteiger partial charge in [-0.05, 0) is 27.7 Å². The van der Waals surface area contributed by atoms with Crippen LogP contribution in [0.3, 0.4) is 0 Å². The SMILES string of the molecule is COc1nc(N)nc2c1ncn2[C@@H]1O[C@H](CO[P@](=O)(N[C@H](C)C(=O)OC(C)C)SCC2NC(=O)N(C)C2=O)[C@@H](O)[C@@]1(C)O. The highest BCUT2D eigenvalue weighted by atomic mass is 32.7. The Hall–Kier alpha value is -3.06. The number of imide groups is 1. The molecule has 1 unspecified atom stereocenters. The number of imidazole rings is 1. The molecule has 238 valence electrons. The minimum atomic E-state index is -4.05. The number of fused-ring (bicyclic) bond motifs is 1. The van der Waals surface area contributed by atoms with Crippen molar-refractivity contribution >= 4 is 53.1 Å².